The molecule has 0 amide bonds. The van der Waals surface area contributed by atoms with Crippen LogP contribution in [0.1, 0.15) is 5.82 Å². The SMILES string of the molecule is O=c1c(Cl)c(N2CCn3c(nnc3-c3ccccc3)C2)cnn1-c1ccc(F)cc1F. The van der Waals surface area contributed by atoms with E-state index >= 15 is 0 Å². The first-order valence-electron chi connectivity index (χ1n) is 9.48. The Bertz CT molecular complexity index is 1340. The highest BCUT2D eigenvalue weighted by molar-refractivity contribution is 6.33. The molecule has 0 spiro atoms. The number of halogens is 3. The second-order valence-corrected chi connectivity index (χ2v) is 7.41. The molecule has 0 saturated carbocycles. The summed E-state index contributed by atoms with van der Waals surface area (Å²) in [6, 6.07) is 12.6. The molecule has 0 N–H and O–H groups in total. The van der Waals surface area contributed by atoms with Crippen LogP contribution in [0.15, 0.2) is 59.5 Å². The minimum absolute atomic E-state index is 0.102. The average molecular weight is 441 g/mol. The third-order valence-electron chi connectivity index (χ3n) is 5.16. The summed E-state index contributed by atoms with van der Waals surface area (Å²) >= 11 is 6.34. The summed E-state index contributed by atoms with van der Waals surface area (Å²) in [5.41, 5.74) is 0.520. The highest BCUT2D eigenvalue weighted by atomic mass is 35.5. The lowest BCUT2D eigenvalue weighted by Crippen LogP contribution is -2.36. The van der Waals surface area contributed by atoms with Crippen molar-refractivity contribution >= 4 is 17.3 Å². The van der Waals surface area contributed by atoms with E-state index in [1.165, 1.54) is 6.20 Å². The van der Waals surface area contributed by atoms with E-state index in [2.05, 4.69) is 15.3 Å². The third kappa shape index (κ3) is 3.36. The topological polar surface area (TPSA) is 68.8 Å². The van der Waals surface area contributed by atoms with Gasteiger partial charge in [0.2, 0.25) is 0 Å². The molecule has 4 aromatic rings. The quantitative estimate of drug-likeness (QED) is 0.488. The van der Waals surface area contributed by atoms with Crippen LogP contribution in [-0.4, -0.2) is 31.1 Å². The zero-order valence-electron chi connectivity index (χ0n) is 16.0. The number of benzene rings is 2. The van der Waals surface area contributed by atoms with E-state index in [9.17, 15) is 13.6 Å². The Hall–Kier alpha value is -3.59. The normalized spacial score (nSPS) is 13.3. The third-order valence-corrected chi connectivity index (χ3v) is 5.52. The lowest BCUT2D eigenvalue weighted by Gasteiger charge is -2.30. The minimum Gasteiger partial charge on any atom is -0.360 e. The Morgan fingerprint density at radius 1 is 0.968 bits per heavy atom. The summed E-state index contributed by atoms with van der Waals surface area (Å²) in [4.78, 5) is 14.6. The molecule has 1 aliphatic rings. The van der Waals surface area contributed by atoms with Gasteiger partial charge in [-0.05, 0) is 12.1 Å². The zero-order valence-corrected chi connectivity index (χ0v) is 16.8. The van der Waals surface area contributed by atoms with Gasteiger partial charge in [0.25, 0.3) is 5.56 Å². The Morgan fingerprint density at radius 3 is 2.55 bits per heavy atom. The van der Waals surface area contributed by atoms with Crippen molar-refractivity contribution in [3.8, 4) is 17.1 Å². The van der Waals surface area contributed by atoms with E-state index < -0.39 is 17.2 Å². The Kier molecular flexibility index (Phi) is 4.74. The van der Waals surface area contributed by atoms with E-state index in [4.69, 9.17) is 11.6 Å². The van der Waals surface area contributed by atoms with Crippen molar-refractivity contribution in [2.24, 2.45) is 0 Å². The molecule has 1 aliphatic heterocycles. The van der Waals surface area contributed by atoms with Gasteiger partial charge >= 0.3 is 0 Å². The fourth-order valence-corrected chi connectivity index (χ4v) is 3.88. The minimum atomic E-state index is -0.905. The van der Waals surface area contributed by atoms with Crippen molar-refractivity contribution in [1.29, 1.82) is 0 Å². The van der Waals surface area contributed by atoms with Gasteiger partial charge in [0.05, 0.1) is 18.4 Å². The van der Waals surface area contributed by atoms with E-state index in [0.717, 1.165) is 34.0 Å². The fraction of sp³-hybridized carbons (Fsp3) is 0.143. The van der Waals surface area contributed by atoms with Crippen LogP contribution in [0.4, 0.5) is 14.5 Å². The molecule has 3 heterocycles. The van der Waals surface area contributed by atoms with Gasteiger partial charge in [-0.1, -0.05) is 41.9 Å². The summed E-state index contributed by atoms with van der Waals surface area (Å²) in [6.45, 7) is 1.54. The van der Waals surface area contributed by atoms with Crippen LogP contribution in [0.25, 0.3) is 17.1 Å². The van der Waals surface area contributed by atoms with Gasteiger partial charge in [-0.3, -0.25) is 4.79 Å². The van der Waals surface area contributed by atoms with Crippen LogP contribution in [0.3, 0.4) is 0 Å². The van der Waals surface area contributed by atoms with Gasteiger partial charge in [-0.25, -0.2) is 8.78 Å². The first-order chi connectivity index (χ1) is 15.0. The van der Waals surface area contributed by atoms with Crippen molar-refractivity contribution in [2.45, 2.75) is 13.1 Å². The molecule has 0 unspecified atom stereocenters. The van der Waals surface area contributed by atoms with Crippen molar-refractivity contribution in [3.63, 3.8) is 0 Å². The molecule has 0 atom stereocenters. The molecule has 156 valence electrons. The summed E-state index contributed by atoms with van der Waals surface area (Å²) < 4.78 is 30.1. The number of hydrogen-bond acceptors (Lipinski definition) is 5. The van der Waals surface area contributed by atoms with Crippen LogP contribution in [0, 0.1) is 11.6 Å². The van der Waals surface area contributed by atoms with Crippen LogP contribution in [0.5, 0.6) is 0 Å². The maximum absolute atomic E-state index is 14.1. The van der Waals surface area contributed by atoms with Crippen molar-refractivity contribution in [3.05, 3.63) is 87.6 Å². The molecule has 7 nitrogen and oxygen atoms in total. The van der Waals surface area contributed by atoms with Crippen LogP contribution >= 0.6 is 11.6 Å². The van der Waals surface area contributed by atoms with Gasteiger partial charge in [0, 0.05) is 24.7 Å². The molecule has 0 saturated heterocycles. The molecular formula is C21H15ClF2N6O. The second kappa shape index (κ2) is 7.59. The largest absolute Gasteiger partial charge is 0.360 e. The number of rotatable bonds is 3. The molecule has 5 rings (SSSR count). The van der Waals surface area contributed by atoms with Gasteiger partial charge in [-0.2, -0.15) is 9.78 Å². The Morgan fingerprint density at radius 2 is 1.77 bits per heavy atom. The van der Waals surface area contributed by atoms with Gasteiger partial charge in [0.1, 0.15) is 16.5 Å². The molecule has 0 aliphatic carbocycles. The molecule has 2 aromatic carbocycles. The lowest BCUT2D eigenvalue weighted by molar-refractivity contribution is 0.559. The predicted molar refractivity (Wildman–Crippen MR) is 111 cm³/mol. The molecule has 0 radical (unpaired) electrons. The first-order valence-corrected chi connectivity index (χ1v) is 9.86. The highest BCUT2D eigenvalue weighted by Crippen LogP contribution is 2.28. The zero-order chi connectivity index (χ0) is 21.5. The molecule has 0 fully saturated rings. The molecule has 31 heavy (non-hydrogen) atoms. The Balaban J connectivity index is 1.47. The second-order valence-electron chi connectivity index (χ2n) is 7.04. The average Bonchev–Trinajstić information content (AvgIpc) is 3.20. The maximum atomic E-state index is 14.1. The van der Waals surface area contributed by atoms with Crippen molar-refractivity contribution in [1.82, 2.24) is 24.5 Å². The van der Waals surface area contributed by atoms with Crippen LogP contribution in [0.2, 0.25) is 5.02 Å². The number of fused-ring (bicyclic) bond motifs is 1. The van der Waals surface area contributed by atoms with E-state index in [0.29, 0.717) is 31.4 Å². The van der Waals surface area contributed by atoms with E-state index in [1.807, 2.05) is 39.8 Å². The number of nitrogens with zero attached hydrogens (tertiary/aromatic N) is 6. The predicted octanol–water partition coefficient (Wildman–Crippen LogP) is 3.44. The van der Waals surface area contributed by atoms with Gasteiger partial charge < -0.3 is 9.47 Å². The lowest BCUT2D eigenvalue weighted by atomic mass is 10.2. The summed E-state index contributed by atoms with van der Waals surface area (Å²) in [7, 11) is 0. The van der Waals surface area contributed by atoms with Crippen molar-refractivity contribution in [2.75, 3.05) is 11.4 Å². The molecule has 0 bridgehead atoms. The van der Waals surface area contributed by atoms with Crippen molar-refractivity contribution < 1.29 is 8.78 Å². The van der Waals surface area contributed by atoms with E-state index in [-0.39, 0.29) is 10.7 Å². The monoisotopic (exact) mass is 440 g/mol. The number of anilines is 1. The molecular weight excluding hydrogens is 426 g/mol. The van der Waals surface area contributed by atoms with Gasteiger partial charge in [0.15, 0.2) is 17.5 Å². The van der Waals surface area contributed by atoms with E-state index in [1.54, 1.807) is 0 Å². The Labute approximate surface area is 180 Å². The molecule has 2 aromatic heterocycles. The highest BCUT2D eigenvalue weighted by Gasteiger charge is 2.25. The molecule has 10 heteroatoms. The number of aromatic nitrogens is 5. The summed E-state index contributed by atoms with van der Waals surface area (Å²) in [6.07, 6.45) is 1.40. The maximum Gasteiger partial charge on any atom is 0.292 e. The van der Waals surface area contributed by atoms with Gasteiger partial charge in [-0.15, -0.1) is 10.2 Å². The number of hydrogen-bond donors (Lipinski definition) is 0. The smallest absolute Gasteiger partial charge is 0.292 e. The first kappa shape index (κ1) is 19.4. The summed E-state index contributed by atoms with van der Waals surface area (Å²) in [5, 5.41) is 12.5. The fourth-order valence-electron chi connectivity index (χ4n) is 3.63. The summed E-state index contributed by atoms with van der Waals surface area (Å²) in [5.74, 6) is -0.140. The van der Waals surface area contributed by atoms with Crippen LogP contribution < -0.4 is 10.5 Å². The van der Waals surface area contributed by atoms with Crippen LogP contribution in [-0.2, 0) is 13.1 Å². The standard InChI is InChI=1S/C21H15ClF2N6O/c22-19-17(11-25-30(21(19)31)16-7-6-14(23)10-15(16)24)28-8-9-29-18(12-28)26-27-20(29)13-4-2-1-3-5-13/h1-7,10-11H,8-9,12H2.